The number of ether oxygens (including phenoxy) is 1. The summed E-state index contributed by atoms with van der Waals surface area (Å²) >= 11 is 11.7. The molecule has 3 rings (SSSR count). The van der Waals surface area contributed by atoms with Crippen LogP contribution in [0.25, 0.3) is 0 Å². The van der Waals surface area contributed by atoms with E-state index in [1.165, 1.54) is 6.07 Å². The first-order valence-corrected chi connectivity index (χ1v) is 8.33. The van der Waals surface area contributed by atoms with Crippen LogP contribution in [-0.4, -0.2) is 31.0 Å². The number of likely N-dealkylation sites (tertiary alicyclic amines) is 1. The molecule has 0 radical (unpaired) electrons. The maximum absolute atomic E-state index is 13.6. The molecule has 2 aromatic carbocycles. The van der Waals surface area contributed by atoms with Gasteiger partial charge in [0.05, 0.1) is 22.7 Å². The Labute approximate surface area is 149 Å². The molecule has 0 aliphatic carbocycles. The minimum absolute atomic E-state index is 0.0888. The molecule has 24 heavy (non-hydrogen) atoms. The number of benzene rings is 2. The lowest BCUT2D eigenvalue weighted by atomic mass is 9.98. The van der Waals surface area contributed by atoms with Gasteiger partial charge in [-0.25, -0.2) is 4.39 Å². The summed E-state index contributed by atoms with van der Waals surface area (Å²) in [6.45, 7) is 1.18. The predicted molar refractivity (Wildman–Crippen MR) is 92.7 cm³/mol. The van der Waals surface area contributed by atoms with Gasteiger partial charge >= 0.3 is 0 Å². The van der Waals surface area contributed by atoms with Crippen molar-refractivity contribution in [3.8, 4) is 5.75 Å². The Kier molecular flexibility index (Phi) is 4.97. The van der Waals surface area contributed by atoms with Gasteiger partial charge in [-0.2, -0.15) is 0 Å². The summed E-state index contributed by atoms with van der Waals surface area (Å²) in [5, 5.41) is 0.0772. The van der Waals surface area contributed by atoms with Crippen LogP contribution in [0.5, 0.6) is 5.75 Å². The fourth-order valence-electron chi connectivity index (χ4n) is 2.95. The van der Waals surface area contributed by atoms with Crippen molar-refractivity contribution in [1.82, 2.24) is 4.90 Å². The average molecular weight is 368 g/mol. The SMILES string of the molecule is COc1ccc(C2CCN(C(=O)c3cc(F)c(Cl)cc3Cl)C2)cc1. The maximum atomic E-state index is 13.6. The molecule has 1 fully saturated rings. The number of methoxy groups -OCH3 is 1. The topological polar surface area (TPSA) is 29.5 Å². The Bertz CT molecular complexity index is 764. The van der Waals surface area contributed by atoms with Gasteiger partial charge in [-0.3, -0.25) is 4.79 Å². The van der Waals surface area contributed by atoms with Gasteiger partial charge in [0.25, 0.3) is 5.91 Å². The molecule has 0 saturated carbocycles. The highest BCUT2D eigenvalue weighted by Crippen LogP contribution is 2.31. The zero-order valence-electron chi connectivity index (χ0n) is 13.1. The average Bonchev–Trinajstić information content (AvgIpc) is 3.07. The number of halogens is 3. The molecule has 1 unspecified atom stereocenters. The summed E-state index contributed by atoms with van der Waals surface area (Å²) in [5.74, 6) is 0.130. The van der Waals surface area contributed by atoms with Crippen LogP contribution in [0.4, 0.5) is 4.39 Å². The summed E-state index contributed by atoms with van der Waals surface area (Å²) in [7, 11) is 1.62. The van der Waals surface area contributed by atoms with E-state index in [9.17, 15) is 9.18 Å². The summed E-state index contributed by atoms with van der Waals surface area (Å²) in [4.78, 5) is 14.3. The van der Waals surface area contributed by atoms with Gasteiger partial charge < -0.3 is 9.64 Å². The number of nitrogens with zero attached hydrogens (tertiary/aromatic N) is 1. The molecule has 3 nitrogen and oxygen atoms in total. The molecule has 126 valence electrons. The Morgan fingerprint density at radius 1 is 1.21 bits per heavy atom. The highest BCUT2D eigenvalue weighted by atomic mass is 35.5. The fraction of sp³-hybridized carbons (Fsp3) is 0.278. The van der Waals surface area contributed by atoms with Crippen LogP contribution in [0, 0.1) is 5.82 Å². The molecule has 1 amide bonds. The highest BCUT2D eigenvalue weighted by Gasteiger charge is 2.29. The fourth-order valence-corrected chi connectivity index (χ4v) is 3.41. The van der Waals surface area contributed by atoms with Gasteiger partial charge in [0.1, 0.15) is 11.6 Å². The lowest BCUT2D eigenvalue weighted by Crippen LogP contribution is -2.28. The number of carbonyl (C=O) groups is 1. The third-order valence-electron chi connectivity index (χ3n) is 4.30. The second kappa shape index (κ2) is 6.99. The molecular formula is C18H16Cl2FNO2. The van der Waals surface area contributed by atoms with Gasteiger partial charge in [-0.1, -0.05) is 35.3 Å². The van der Waals surface area contributed by atoms with Crippen LogP contribution in [0.1, 0.15) is 28.3 Å². The zero-order valence-corrected chi connectivity index (χ0v) is 14.6. The van der Waals surface area contributed by atoms with Crippen LogP contribution < -0.4 is 4.74 Å². The van der Waals surface area contributed by atoms with Crippen LogP contribution in [0.15, 0.2) is 36.4 Å². The van der Waals surface area contributed by atoms with Crippen molar-refractivity contribution in [1.29, 1.82) is 0 Å². The number of amides is 1. The Morgan fingerprint density at radius 2 is 1.92 bits per heavy atom. The molecule has 1 atom stereocenters. The largest absolute Gasteiger partial charge is 0.497 e. The van der Waals surface area contributed by atoms with E-state index in [0.717, 1.165) is 23.8 Å². The van der Waals surface area contributed by atoms with Gasteiger partial charge in [0, 0.05) is 19.0 Å². The summed E-state index contributed by atoms with van der Waals surface area (Å²) in [5.41, 5.74) is 1.30. The van der Waals surface area contributed by atoms with E-state index in [4.69, 9.17) is 27.9 Å². The number of hydrogen-bond acceptors (Lipinski definition) is 2. The molecule has 1 heterocycles. The molecule has 6 heteroatoms. The molecule has 1 saturated heterocycles. The number of hydrogen-bond donors (Lipinski definition) is 0. The molecular weight excluding hydrogens is 352 g/mol. The maximum Gasteiger partial charge on any atom is 0.255 e. The number of carbonyl (C=O) groups excluding carboxylic acids is 1. The van der Waals surface area contributed by atoms with Crippen LogP contribution in [-0.2, 0) is 0 Å². The minimum Gasteiger partial charge on any atom is -0.497 e. The van der Waals surface area contributed by atoms with Crippen LogP contribution in [0.2, 0.25) is 10.0 Å². The van der Waals surface area contributed by atoms with Gasteiger partial charge in [-0.05, 0) is 36.2 Å². The van der Waals surface area contributed by atoms with Crippen molar-refractivity contribution in [2.45, 2.75) is 12.3 Å². The smallest absolute Gasteiger partial charge is 0.255 e. The van der Waals surface area contributed by atoms with Crippen molar-refractivity contribution in [3.05, 3.63) is 63.4 Å². The van der Waals surface area contributed by atoms with E-state index < -0.39 is 5.82 Å². The van der Waals surface area contributed by atoms with E-state index in [0.29, 0.717) is 13.1 Å². The third kappa shape index (κ3) is 3.35. The molecule has 0 N–H and O–H groups in total. The van der Waals surface area contributed by atoms with Crippen molar-refractivity contribution >= 4 is 29.1 Å². The van der Waals surface area contributed by atoms with E-state index in [1.54, 1.807) is 12.0 Å². The molecule has 1 aliphatic rings. The van der Waals surface area contributed by atoms with Crippen LogP contribution in [0.3, 0.4) is 0 Å². The van der Waals surface area contributed by atoms with Crippen molar-refractivity contribution in [2.24, 2.45) is 0 Å². The third-order valence-corrected chi connectivity index (χ3v) is 4.91. The Balaban J connectivity index is 1.75. The van der Waals surface area contributed by atoms with E-state index in [-0.39, 0.29) is 27.4 Å². The second-order valence-corrected chi connectivity index (χ2v) is 6.57. The highest BCUT2D eigenvalue weighted by molar-refractivity contribution is 6.36. The quantitative estimate of drug-likeness (QED) is 0.731. The Hall–Kier alpha value is -1.78. The van der Waals surface area contributed by atoms with E-state index in [2.05, 4.69) is 0 Å². The van der Waals surface area contributed by atoms with Gasteiger partial charge in [0.2, 0.25) is 0 Å². The second-order valence-electron chi connectivity index (χ2n) is 5.76. The summed E-state index contributed by atoms with van der Waals surface area (Å²) in [6.07, 6.45) is 0.853. The molecule has 2 aromatic rings. The standard InChI is InChI=1S/C18H16Cl2FNO2/c1-24-13-4-2-11(3-5-13)12-6-7-22(10-12)18(23)14-8-17(21)16(20)9-15(14)19/h2-5,8-9,12H,6-7,10H2,1H3. The zero-order chi connectivity index (χ0) is 17.3. The van der Waals surface area contributed by atoms with Crippen molar-refractivity contribution < 1.29 is 13.9 Å². The van der Waals surface area contributed by atoms with Gasteiger partial charge in [-0.15, -0.1) is 0 Å². The van der Waals surface area contributed by atoms with Crippen LogP contribution >= 0.6 is 23.2 Å². The first kappa shape index (κ1) is 17.1. The summed E-state index contributed by atoms with van der Waals surface area (Å²) < 4.78 is 18.8. The molecule has 1 aliphatic heterocycles. The van der Waals surface area contributed by atoms with Crippen molar-refractivity contribution in [3.63, 3.8) is 0 Å². The van der Waals surface area contributed by atoms with Gasteiger partial charge in [0.15, 0.2) is 0 Å². The molecule has 0 bridgehead atoms. The van der Waals surface area contributed by atoms with E-state index in [1.807, 2.05) is 24.3 Å². The predicted octanol–water partition coefficient (Wildman–Crippen LogP) is 4.77. The lowest BCUT2D eigenvalue weighted by molar-refractivity contribution is 0.0790. The first-order chi connectivity index (χ1) is 11.5. The monoisotopic (exact) mass is 367 g/mol. The van der Waals surface area contributed by atoms with E-state index >= 15 is 0 Å². The summed E-state index contributed by atoms with van der Waals surface area (Å²) in [6, 6.07) is 10.2. The van der Waals surface area contributed by atoms with Crippen molar-refractivity contribution in [2.75, 3.05) is 20.2 Å². The normalized spacial score (nSPS) is 17.2. The molecule has 0 aromatic heterocycles. The molecule has 0 spiro atoms. The Morgan fingerprint density at radius 3 is 2.58 bits per heavy atom. The first-order valence-electron chi connectivity index (χ1n) is 7.57. The number of rotatable bonds is 3. The minimum atomic E-state index is -0.643. The lowest BCUT2D eigenvalue weighted by Gasteiger charge is -2.18.